The van der Waals surface area contributed by atoms with Crippen LogP contribution in [-0.2, 0) is 0 Å². The molecule has 16 heavy (non-hydrogen) atoms. The van der Waals surface area contributed by atoms with E-state index in [4.69, 9.17) is 0 Å². The maximum Gasteiger partial charge on any atom is 0.0659 e. The molecule has 0 amide bonds. The summed E-state index contributed by atoms with van der Waals surface area (Å²) in [6.45, 7) is 0.988. The van der Waals surface area contributed by atoms with Gasteiger partial charge in [-0.15, -0.1) is 0 Å². The van der Waals surface area contributed by atoms with E-state index in [0.717, 1.165) is 25.8 Å². The third kappa shape index (κ3) is 4.13. The van der Waals surface area contributed by atoms with Gasteiger partial charge < -0.3 is 10.4 Å². The fraction of sp³-hybridized carbons (Fsp3) is 1.00. The summed E-state index contributed by atoms with van der Waals surface area (Å²) in [7, 11) is 0. The molecule has 0 aromatic carbocycles. The Morgan fingerprint density at radius 2 is 1.75 bits per heavy atom. The van der Waals surface area contributed by atoms with Crippen LogP contribution in [0, 0.1) is 0 Å². The minimum Gasteiger partial charge on any atom is -0.390 e. The minimum atomic E-state index is -0.335. The lowest BCUT2D eigenvalue weighted by Crippen LogP contribution is -2.37. The molecular weight excluding hydrogens is 238 g/mol. The van der Waals surface area contributed by atoms with Gasteiger partial charge in [-0.3, -0.25) is 0 Å². The first kappa shape index (κ1) is 13.1. The van der Waals surface area contributed by atoms with Crippen LogP contribution in [0.3, 0.4) is 0 Å². The van der Waals surface area contributed by atoms with Crippen molar-refractivity contribution in [2.45, 2.75) is 43.7 Å². The Hall–Kier alpha value is 0.620. The molecule has 2 rings (SSSR count). The van der Waals surface area contributed by atoms with E-state index < -0.39 is 0 Å². The number of thioether (sulfide) groups is 2. The number of hydrogen-bond acceptors (Lipinski definition) is 4. The Morgan fingerprint density at radius 1 is 1.12 bits per heavy atom. The Morgan fingerprint density at radius 3 is 2.38 bits per heavy atom. The van der Waals surface area contributed by atoms with Crippen molar-refractivity contribution in [1.29, 1.82) is 0 Å². The predicted octanol–water partition coefficient (Wildman–Crippen LogP) is 2.12. The van der Waals surface area contributed by atoms with Crippen molar-refractivity contribution in [3.05, 3.63) is 0 Å². The molecule has 0 aromatic heterocycles. The summed E-state index contributed by atoms with van der Waals surface area (Å²) in [5.74, 6) is 5.08. The second-order valence-corrected chi connectivity index (χ2v) is 7.28. The molecule has 2 fully saturated rings. The van der Waals surface area contributed by atoms with Crippen LogP contribution in [-0.4, -0.2) is 46.3 Å². The largest absolute Gasteiger partial charge is 0.390 e. The summed E-state index contributed by atoms with van der Waals surface area (Å²) in [5, 5.41) is 13.8. The van der Waals surface area contributed by atoms with Crippen LogP contribution in [0.2, 0.25) is 0 Å². The van der Waals surface area contributed by atoms with E-state index in [2.05, 4.69) is 28.8 Å². The van der Waals surface area contributed by atoms with E-state index in [1.54, 1.807) is 0 Å². The van der Waals surface area contributed by atoms with Crippen molar-refractivity contribution in [1.82, 2.24) is 5.32 Å². The van der Waals surface area contributed by atoms with Crippen molar-refractivity contribution >= 4 is 23.5 Å². The van der Waals surface area contributed by atoms with Gasteiger partial charge in [0, 0.05) is 29.1 Å². The van der Waals surface area contributed by atoms with Crippen LogP contribution in [0.4, 0.5) is 0 Å². The Bertz CT molecular complexity index is 199. The zero-order chi connectivity index (χ0) is 11.3. The van der Waals surface area contributed by atoms with Gasteiger partial charge in [-0.25, -0.2) is 0 Å². The highest BCUT2D eigenvalue weighted by Crippen LogP contribution is 2.31. The number of rotatable bonds is 4. The van der Waals surface area contributed by atoms with E-state index in [9.17, 15) is 5.11 Å². The van der Waals surface area contributed by atoms with Crippen LogP contribution in [0.15, 0.2) is 0 Å². The average Bonchev–Trinajstić information content (AvgIpc) is 2.53. The average molecular weight is 261 g/mol. The standard InChI is InChI=1S/C12H23NOS2/c14-12(3-1-2-4-12)5-6-13-11-9-15-7-8-16-10-11/h11,13-14H,1-10H2. The summed E-state index contributed by atoms with van der Waals surface area (Å²) >= 11 is 4.12. The van der Waals surface area contributed by atoms with Gasteiger partial charge in [-0.1, -0.05) is 12.8 Å². The molecule has 1 saturated carbocycles. The topological polar surface area (TPSA) is 32.3 Å². The molecule has 2 nitrogen and oxygen atoms in total. The van der Waals surface area contributed by atoms with Gasteiger partial charge in [0.1, 0.15) is 0 Å². The normalized spacial score (nSPS) is 26.8. The van der Waals surface area contributed by atoms with Gasteiger partial charge in [-0.2, -0.15) is 23.5 Å². The predicted molar refractivity (Wildman–Crippen MR) is 74.5 cm³/mol. The quantitative estimate of drug-likeness (QED) is 0.812. The van der Waals surface area contributed by atoms with E-state index in [1.165, 1.54) is 35.9 Å². The van der Waals surface area contributed by atoms with Crippen LogP contribution in [0.25, 0.3) is 0 Å². The summed E-state index contributed by atoms with van der Waals surface area (Å²) in [6, 6.07) is 0.655. The SMILES string of the molecule is OC1(CCNC2CSCCSC2)CCCC1. The maximum absolute atomic E-state index is 10.2. The first-order valence-electron chi connectivity index (χ1n) is 6.40. The smallest absolute Gasteiger partial charge is 0.0659 e. The lowest BCUT2D eigenvalue weighted by Gasteiger charge is -2.24. The number of nitrogens with one attached hydrogen (secondary N) is 1. The molecule has 2 N–H and O–H groups in total. The van der Waals surface area contributed by atoms with Crippen molar-refractivity contribution in [2.24, 2.45) is 0 Å². The second kappa shape index (κ2) is 6.53. The number of hydrogen-bond donors (Lipinski definition) is 2. The molecule has 0 aromatic rings. The third-order valence-electron chi connectivity index (χ3n) is 3.57. The Kier molecular flexibility index (Phi) is 5.33. The van der Waals surface area contributed by atoms with Crippen molar-refractivity contribution in [2.75, 3.05) is 29.6 Å². The van der Waals surface area contributed by atoms with Gasteiger partial charge >= 0.3 is 0 Å². The van der Waals surface area contributed by atoms with Gasteiger partial charge in [0.25, 0.3) is 0 Å². The zero-order valence-electron chi connectivity index (χ0n) is 9.91. The molecule has 4 heteroatoms. The van der Waals surface area contributed by atoms with E-state index in [-0.39, 0.29) is 5.60 Å². The maximum atomic E-state index is 10.2. The Balaban J connectivity index is 1.62. The van der Waals surface area contributed by atoms with Crippen LogP contribution in [0.5, 0.6) is 0 Å². The third-order valence-corrected chi connectivity index (χ3v) is 6.09. The van der Waals surface area contributed by atoms with Crippen molar-refractivity contribution in [3.63, 3.8) is 0 Å². The van der Waals surface area contributed by atoms with Crippen molar-refractivity contribution in [3.8, 4) is 0 Å². The van der Waals surface area contributed by atoms with Gasteiger partial charge in [0.2, 0.25) is 0 Å². The highest BCUT2D eigenvalue weighted by atomic mass is 32.2. The van der Waals surface area contributed by atoms with Gasteiger partial charge in [-0.05, 0) is 25.8 Å². The van der Waals surface area contributed by atoms with Gasteiger partial charge in [0.05, 0.1) is 5.60 Å². The molecule has 1 saturated heterocycles. The van der Waals surface area contributed by atoms with Crippen LogP contribution >= 0.6 is 23.5 Å². The van der Waals surface area contributed by atoms with Crippen LogP contribution in [0.1, 0.15) is 32.1 Å². The fourth-order valence-corrected chi connectivity index (χ4v) is 4.99. The van der Waals surface area contributed by atoms with Crippen molar-refractivity contribution < 1.29 is 5.11 Å². The molecule has 94 valence electrons. The summed E-state index contributed by atoms with van der Waals surface area (Å²) < 4.78 is 0. The second-order valence-electron chi connectivity index (χ2n) is 4.98. The highest BCUT2D eigenvalue weighted by Gasteiger charge is 2.30. The molecule has 0 bridgehead atoms. The molecule has 0 unspecified atom stereocenters. The number of aliphatic hydroxyl groups is 1. The minimum absolute atomic E-state index is 0.335. The lowest BCUT2D eigenvalue weighted by atomic mass is 9.98. The van der Waals surface area contributed by atoms with E-state index in [0.29, 0.717) is 6.04 Å². The zero-order valence-corrected chi connectivity index (χ0v) is 11.5. The molecule has 1 aliphatic carbocycles. The van der Waals surface area contributed by atoms with Crippen LogP contribution < -0.4 is 5.32 Å². The molecule has 1 aliphatic heterocycles. The molecule has 2 aliphatic rings. The lowest BCUT2D eigenvalue weighted by molar-refractivity contribution is 0.0388. The molecule has 0 atom stereocenters. The molecular formula is C12H23NOS2. The highest BCUT2D eigenvalue weighted by molar-refractivity contribution is 8.03. The van der Waals surface area contributed by atoms with Gasteiger partial charge in [0.15, 0.2) is 0 Å². The monoisotopic (exact) mass is 261 g/mol. The Labute approximate surface area is 107 Å². The molecule has 1 heterocycles. The summed E-state index contributed by atoms with van der Waals surface area (Å²) in [5.41, 5.74) is -0.335. The molecule has 0 radical (unpaired) electrons. The molecule has 0 spiro atoms. The van der Waals surface area contributed by atoms with E-state index in [1.807, 2.05) is 0 Å². The van der Waals surface area contributed by atoms with E-state index >= 15 is 0 Å². The first-order chi connectivity index (χ1) is 7.79. The summed E-state index contributed by atoms with van der Waals surface area (Å²) in [4.78, 5) is 0. The fourth-order valence-electron chi connectivity index (χ4n) is 2.53. The first-order valence-corrected chi connectivity index (χ1v) is 8.71. The summed E-state index contributed by atoms with van der Waals surface area (Å²) in [6.07, 6.45) is 5.40.